The standard InChI is InChI=1S/C19H23N5O4/c1-3-28-19(25)14-8-10-23(11-9-14)18-16(24(26)27)17(20-12-21-18)22-15-6-4-13(2)5-7-15/h4-7,12,14H,3,8-11H2,1-2H3,(H,20,21,22). The first-order chi connectivity index (χ1) is 13.5. The van der Waals surface area contributed by atoms with Crippen molar-refractivity contribution >= 4 is 29.0 Å². The van der Waals surface area contributed by atoms with Crippen LogP contribution in [-0.2, 0) is 9.53 Å². The molecule has 148 valence electrons. The van der Waals surface area contributed by atoms with E-state index in [2.05, 4.69) is 15.3 Å². The van der Waals surface area contributed by atoms with E-state index in [9.17, 15) is 14.9 Å². The van der Waals surface area contributed by atoms with Gasteiger partial charge in [0.2, 0.25) is 11.6 Å². The Kier molecular flexibility index (Phi) is 6.03. The molecule has 2 heterocycles. The molecule has 0 atom stereocenters. The average Bonchev–Trinajstić information content (AvgIpc) is 2.69. The van der Waals surface area contributed by atoms with E-state index in [1.54, 1.807) is 6.92 Å². The summed E-state index contributed by atoms with van der Waals surface area (Å²) in [5.41, 5.74) is 1.63. The highest BCUT2D eigenvalue weighted by molar-refractivity contribution is 5.75. The first-order valence-electron chi connectivity index (χ1n) is 9.24. The lowest BCUT2D eigenvalue weighted by Gasteiger charge is -2.31. The Bertz CT molecular complexity index is 848. The quantitative estimate of drug-likeness (QED) is 0.458. The first kappa shape index (κ1) is 19.5. The zero-order valence-electron chi connectivity index (χ0n) is 15.9. The molecule has 9 nitrogen and oxygen atoms in total. The second kappa shape index (κ2) is 8.64. The fourth-order valence-electron chi connectivity index (χ4n) is 3.22. The predicted molar refractivity (Wildman–Crippen MR) is 105 cm³/mol. The van der Waals surface area contributed by atoms with Crippen LogP contribution in [0.3, 0.4) is 0 Å². The van der Waals surface area contributed by atoms with Crippen molar-refractivity contribution in [3.05, 3.63) is 46.3 Å². The third-order valence-corrected chi connectivity index (χ3v) is 4.71. The lowest BCUT2D eigenvalue weighted by Crippen LogP contribution is -2.37. The third kappa shape index (κ3) is 4.36. The number of anilines is 3. The lowest BCUT2D eigenvalue weighted by atomic mass is 9.97. The third-order valence-electron chi connectivity index (χ3n) is 4.71. The zero-order valence-corrected chi connectivity index (χ0v) is 15.9. The summed E-state index contributed by atoms with van der Waals surface area (Å²) in [7, 11) is 0. The van der Waals surface area contributed by atoms with Gasteiger partial charge < -0.3 is 15.0 Å². The predicted octanol–water partition coefficient (Wildman–Crippen LogP) is 3.22. The van der Waals surface area contributed by atoms with Gasteiger partial charge in [-0.1, -0.05) is 17.7 Å². The number of hydrogen-bond acceptors (Lipinski definition) is 8. The van der Waals surface area contributed by atoms with Gasteiger partial charge in [0.1, 0.15) is 6.33 Å². The number of carbonyl (C=O) groups is 1. The van der Waals surface area contributed by atoms with E-state index < -0.39 is 4.92 Å². The second-order valence-corrected chi connectivity index (χ2v) is 6.66. The van der Waals surface area contributed by atoms with Gasteiger partial charge in [0.25, 0.3) is 0 Å². The molecule has 0 unspecified atom stereocenters. The molecule has 0 bridgehead atoms. The zero-order chi connectivity index (χ0) is 20.1. The Morgan fingerprint density at radius 1 is 1.29 bits per heavy atom. The normalized spacial score (nSPS) is 14.6. The van der Waals surface area contributed by atoms with Crippen LogP contribution in [0.15, 0.2) is 30.6 Å². The Hall–Kier alpha value is -3.23. The van der Waals surface area contributed by atoms with E-state index in [0.29, 0.717) is 38.2 Å². The van der Waals surface area contributed by atoms with Gasteiger partial charge in [0.05, 0.1) is 17.4 Å². The molecular formula is C19H23N5O4. The molecule has 28 heavy (non-hydrogen) atoms. The van der Waals surface area contributed by atoms with Crippen molar-refractivity contribution < 1.29 is 14.5 Å². The van der Waals surface area contributed by atoms with Crippen LogP contribution in [0.2, 0.25) is 0 Å². The van der Waals surface area contributed by atoms with Crippen molar-refractivity contribution in [3.8, 4) is 0 Å². The van der Waals surface area contributed by atoms with Crippen LogP contribution in [-0.4, -0.2) is 40.6 Å². The fraction of sp³-hybridized carbons (Fsp3) is 0.421. The number of esters is 1. The van der Waals surface area contributed by atoms with Crippen molar-refractivity contribution in [2.45, 2.75) is 26.7 Å². The van der Waals surface area contributed by atoms with E-state index in [1.807, 2.05) is 36.1 Å². The van der Waals surface area contributed by atoms with Crippen LogP contribution in [0.4, 0.5) is 23.0 Å². The van der Waals surface area contributed by atoms with Crippen LogP contribution in [0.25, 0.3) is 0 Å². The van der Waals surface area contributed by atoms with E-state index in [-0.39, 0.29) is 29.2 Å². The number of benzene rings is 1. The van der Waals surface area contributed by atoms with E-state index in [4.69, 9.17) is 4.74 Å². The topological polar surface area (TPSA) is 110 Å². The van der Waals surface area contributed by atoms with Crippen LogP contribution in [0.5, 0.6) is 0 Å². The molecule has 1 fully saturated rings. The first-order valence-corrected chi connectivity index (χ1v) is 9.24. The molecule has 0 radical (unpaired) electrons. The summed E-state index contributed by atoms with van der Waals surface area (Å²) in [6, 6.07) is 7.50. The lowest BCUT2D eigenvalue weighted by molar-refractivity contribution is -0.383. The number of ether oxygens (including phenoxy) is 1. The number of aryl methyl sites for hydroxylation is 1. The van der Waals surface area contributed by atoms with Gasteiger partial charge >= 0.3 is 11.7 Å². The van der Waals surface area contributed by atoms with Gasteiger partial charge in [0.15, 0.2) is 0 Å². The molecule has 2 aromatic rings. The molecule has 1 aliphatic heterocycles. The second-order valence-electron chi connectivity index (χ2n) is 6.66. The largest absolute Gasteiger partial charge is 0.466 e. The minimum Gasteiger partial charge on any atom is -0.466 e. The van der Waals surface area contributed by atoms with Crippen molar-refractivity contribution in [2.24, 2.45) is 5.92 Å². The van der Waals surface area contributed by atoms with Gasteiger partial charge in [-0.25, -0.2) is 9.97 Å². The Morgan fingerprint density at radius 3 is 2.57 bits per heavy atom. The summed E-state index contributed by atoms with van der Waals surface area (Å²) in [4.78, 5) is 33.3. The number of piperidine rings is 1. The average molecular weight is 385 g/mol. The van der Waals surface area contributed by atoms with E-state index in [1.165, 1.54) is 6.33 Å². The number of carbonyl (C=O) groups excluding carboxylic acids is 1. The van der Waals surface area contributed by atoms with Crippen molar-refractivity contribution in [1.29, 1.82) is 0 Å². The summed E-state index contributed by atoms with van der Waals surface area (Å²) in [5, 5.41) is 14.8. The SMILES string of the molecule is CCOC(=O)C1CCN(c2ncnc(Nc3ccc(C)cc3)c2[N+](=O)[O-])CC1. The molecule has 1 saturated heterocycles. The molecule has 1 N–H and O–H groups in total. The summed E-state index contributed by atoms with van der Waals surface area (Å²) in [6.45, 7) is 5.08. The van der Waals surface area contributed by atoms with Gasteiger partial charge in [-0.2, -0.15) is 0 Å². The van der Waals surface area contributed by atoms with Crippen LogP contribution < -0.4 is 10.2 Å². The maximum atomic E-state index is 11.9. The van der Waals surface area contributed by atoms with Gasteiger partial charge in [-0.05, 0) is 38.8 Å². The van der Waals surface area contributed by atoms with Crippen molar-refractivity contribution in [3.63, 3.8) is 0 Å². The maximum Gasteiger partial charge on any atom is 0.353 e. The fourth-order valence-corrected chi connectivity index (χ4v) is 3.22. The van der Waals surface area contributed by atoms with Gasteiger partial charge in [-0.3, -0.25) is 14.9 Å². The Morgan fingerprint density at radius 2 is 1.96 bits per heavy atom. The molecule has 3 rings (SSSR count). The molecule has 0 saturated carbocycles. The molecule has 1 aromatic carbocycles. The Balaban J connectivity index is 1.81. The molecule has 0 amide bonds. The highest BCUT2D eigenvalue weighted by atomic mass is 16.6. The van der Waals surface area contributed by atoms with Crippen LogP contribution >= 0.6 is 0 Å². The van der Waals surface area contributed by atoms with Crippen LogP contribution in [0, 0.1) is 23.0 Å². The number of nitrogens with one attached hydrogen (secondary N) is 1. The van der Waals surface area contributed by atoms with Gasteiger partial charge in [-0.15, -0.1) is 0 Å². The van der Waals surface area contributed by atoms with Crippen LogP contribution in [0.1, 0.15) is 25.3 Å². The maximum absolute atomic E-state index is 11.9. The van der Waals surface area contributed by atoms with E-state index >= 15 is 0 Å². The van der Waals surface area contributed by atoms with E-state index in [0.717, 1.165) is 5.56 Å². The number of hydrogen-bond donors (Lipinski definition) is 1. The monoisotopic (exact) mass is 385 g/mol. The van der Waals surface area contributed by atoms with Crippen molar-refractivity contribution in [1.82, 2.24) is 9.97 Å². The summed E-state index contributed by atoms with van der Waals surface area (Å²) in [5.74, 6) is 0.0200. The highest BCUT2D eigenvalue weighted by Crippen LogP contribution is 2.35. The molecule has 1 aliphatic rings. The highest BCUT2D eigenvalue weighted by Gasteiger charge is 2.32. The summed E-state index contributed by atoms with van der Waals surface area (Å²) in [6.07, 6.45) is 2.46. The van der Waals surface area contributed by atoms with Gasteiger partial charge in [0, 0.05) is 18.8 Å². The molecule has 0 spiro atoms. The molecule has 0 aliphatic carbocycles. The minimum absolute atomic E-state index is 0.145. The number of nitro groups is 1. The molecule has 9 heteroatoms. The summed E-state index contributed by atoms with van der Waals surface area (Å²) < 4.78 is 5.08. The van der Waals surface area contributed by atoms with Crippen molar-refractivity contribution in [2.75, 3.05) is 29.9 Å². The number of aromatic nitrogens is 2. The number of nitrogens with zero attached hydrogens (tertiary/aromatic N) is 4. The smallest absolute Gasteiger partial charge is 0.353 e. The molecule has 1 aromatic heterocycles. The minimum atomic E-state index is -0.469. The summed E-state index contributed by atoms with van der Waals surface area (Å²) >= 11 is 0. The molecular weight excluding hydrogens is 362 g/mol. The number of rotatable bonds is 6. The Labute approximate surface area is 162 Å².